The van der Waals surface area contributed by atoms with E-state index in [0.717, 1.165) is 5.56 Å². The number of fused-ring (bicyclic) bond motifs is 1. The molecule has 0 spiro atoms. The predicted molar refractivity (Wildman–Crippen MR) is 114 cm³/mol. The number of hydrogen-bond acceptors (Lipinski definition) is 8. The van der Waals surface area contributed by atoms with Gasteiger partial charge in [-0.05, 0) is 37.3 Å². The van der Waals surface area contributed by atoms with Crippen molar-refractivity contribution in [2.24, 2.45) is 0 Å². The van der Waals surface area contributed by atoms with E-state index in [-0.39, 0.29) is 5.56 Å². The van der Waals surface area contributed by atoms with Gasteiger partial charge in [-0.15, -0.1) is 0 Å². The second kappa shape index (κ2) is 8.58. The highest BCUT2D eigenvalue weighted by molar-refractivity contribution is 7.98. The summed E-state index contributed by atoms with van der Waals surface area (Å²) in [5, 5.41) is 5.28. The first-order valence-electron chi connectivity index (χ1n) is 9.32. The highest BCUT2D eigenvalue weighted by Gasteiger charge is 2.15. The van der Waals surface area contributed by atoms with E-state index >= 15 is 0 Å². The summed E-state index contributed by atoms with van der Waals surface area (Å²) in [5.74, 6) is 2.50. The largest absolute Gasteiger partial charge is 0.493 e. The van der Waals surface area contributed by atoms with Crippen molar-refractivity contribution < 1.29 is 14.0 Å². The molecule has 30 heavy (non-hydrogen) atoms. The second-order valence-electron chi connectivity index (χ2n) is 6.33. The van der Waals surface area contributed by atoms with Crippen molar-refractivity contribution >= 4 is 22.7 Å². The van der Waals surface area contributed by atoms with E-state index in [1.807, 2.05) is 31.2 Å². The molecule has 2 heterocycles. The Morgan fingerprint density at radius 1 is 1.07 bits per heavy atom. The molecule has 0 fully saturated rings. The van der Waals surface area contributed by atoms with Gasteiger partial charge in [0.05, 0.1) is 30.9 Å². The molecule has 4 aromatic rings. The number of rotatable bonds is 7. The van der Waals surface area contributed by atoms with Crippen LogP contribution in [0.15, 0.2) is 56.9 Å². The molecule has 154 valence electrons. The molecule has 0 aliphatic carbocycles. The molecular formula is C21H20N4O4S. The fourth-order valence-corrected chi connectivity index (χ4v) is 3.97. The monoisotopic (exact) mass is 424 g/mol. The number of ether oxygens (including phenoxy) is 2. The Morgan fingerprint density at radius 2 is 1.87 bits per heavy atom. The van der Waals surface area contributed by atoms with Crippen molar-refractivity contribution in [1.82, 2.24) is 19.7 Å². The number of para-hydroxylation sites is 1. The van der Waals surface area contributed by atoms with Crippen molar-refractivity contribution in [2.45, 2.75) is 24.4 Å². The number of thioether (sulfide) groups is 1. The first kappa shape index (κ1) is 20.0. The highest BCUT2D eigenvalue weighted by atomic mass is 32.2. The van der Waals surface area contributed by atoms with Crippen LogP contribution in [0.2, 0.25) is 0 Å². The van der Waals surface area contributed by atoms with Crippen LogP contribution < -0.4 is 15.0 Å². The summed E-state index contributed by atoms with van der Waals surface area (Å²) >= 11 is 1.39. The van der Waals surface area contributed by atoms with E-state index in [2.05, 4.69) is 15.1 Å². The zero-order chi connectivity index (χ0) is 21.1. The van der Waals surface area contributed by atoms with E-state index in [1.54, 1.807) is 37.0 Å². The van der Waals surface area contributed by atoms with Crippen LogP contribution in [0.5, 0.6) is 11.5 Å². The molecule has 2 aromatic carbocycles. The maximum absolute atomic E-state index is 12.7. The Bertz CT molecular complexity index is 1250. The average molecular weight is 424 g/mol. The number of aromatic nitrogens is 4. The van der Waals surface area contributed by atoms with Crippen LogP contribution in [0.1, 0.15) is 12.8 Å². The molecule has 0 N–H and O–H groups in total. The van der Waals surface area contributed by atoms with E-state index in [9.17, 15) is 4.79 Å². The van der Waals surface area contributed by atoms with E-state index < -0.39 is 0 Å². The standard InChI is InChI=1S/C21H20N4O4S/c1-4-25-20(26)14-7-5-6-8-15(14)22-21(25)30-12-18-23-19(24-29-18)13-9-10-16(27-2)17(11-13)28-3/h5-11H,4,12H2,1-3H3. The zero-order valence-electron chi connectivity index (χ0n) is 16.8. The van der Waals surface area contributed by atoms with Crippen LogP contribution in [0.4, 0.5) is 0 Å². The maximum atomic E-state index is 12.7. The topological polar surface area (TPSA) is 92.3 Å². The molecule has 0 aliphatic heterocycles. The minimum atomic E-state index is -0.0536. The van der Waals surface area contributed by atoms with Gasteiger partial charge >= 0.3 is 0 Å². The normalized spacial score (nSPS) is 11.0. The molecule has 2 aromatic heterocycles. The van der Waals surface area contributed by atoms with Gasteiger partial charge in [0.1, 0.15) is 0 Å². The minimum Gasteiger partial charge on any atom is -0.493 e. The Balaban J connectivity index is 1.58. The number of benzene rings is 2. The van der Waals surface area contributed by atoms with Gasteiger partial charge in [-0.25, -0.2) is 4.98 Å². The maximum Gasteiger partial charge on any atom is 0.262 e. The summed E-state index contributed by atoms with van der Waals surface area (Å²) in [6.45, 7) is 2.45. The van der Waals surface area contributed by atoms with Crippen molar-refractivity contribution in [1.29, 1.82) is 0 Å². The van der Waals surface area contributed by atoms with Crippen LogP contribution in [0.25, 0.3) is 22.3 Å². The summed E-state index contributed by atoms with van der Waals surface area (Å²) in [5.41, 5.74) is 1.37. The van der Waals surface area contributed by atoms with E-state index in [1.165, 1.54) is 11.8 Å². The van der Waals surface area contributed by atoms with E-state index in [4.69, 9.17) is 14.0 Å². The smallest absolute Gasteiger partial charge is 0.262 e. The Morgan fingerprint density at radius 3 is 2.63 bits per heavy atom. The van der Waals surface area contributed by atoms with Gasteiger partial charge in [0.25, 0.3) is 5.56 Å². The lowest BCUT2D eigenvalue weighted by Crippen LogP contribution is -2.22. The summed E-state index contributed by atoms with van der Waals surface area (Å²) in [7, 11) is 3.15. The summed E-state index contributed by atoms with van der Waals surface area (Å²) in [6.07, 6.45) is 0. The van der Waals surface area contributed by atoms with Crippen LogP contribution in [0, 0.1) is 0 Å². The van der Waals surface area contributed by atoms with E-state index in [0.29, 0.717) is 51.6 Å². The van der Waals surface area contributed by atoms with Gasteiger partial charge in [0.2, 0.25) is 11.7 Å². The summed E-state index contributed by atoms with van der Waals surface area (Å²) < 4.78 is 17.6. The molecule has 9 heteroatoms. The highest BCUT2D eigenvalue weighted by Crippen LogP contribution is 2.31. The number of hydrogen-bond donors (Lipinski definition) is 0. The lowest BCUT2D eigenvalue weighted by atomic mass is 10.2. The third-order valence-corrected chi connectivity index (χ3v) is 5.54. The first-order valence-corrected chi connectivity index (χ1v) is 10.3. The van der Waals surface area contributed by atoms with Crippen molar-refractivity contribution in [3.05, 3.63) is 58.7 Å². The lowest BCUT2D eigenvalue weighted by molar-refractivity contribution is 0.355. The van der Waals surface area contributed by atoms with Crippen LogP contribution in [0.3, 0.4) is 0 Å². The van der Waals surface area contributed by atoms with Crippen molar-refractivity contribution in [3.8, 4) is 22.9 Å². The summed E-state index contributed by atoms with van der Waals surface area (Å²) in [4.78, 5) is 21.8. The van der Waals surface area contributed by atoms with Gasteiger partial charge in [-0.2, -0.15) is 4.98 Å². The van der Waals surface area contributed by atoms with Crippen molar-refractivity contribution in [3.63, 3.8) is 0 Å². The van der Waals surface area contributed by atoms with Crippen LogP contribution >= 0.6 is 11.8 Å². The van der Waals surface area contributed by atoms with Gasteiger partial charge in [-0.3, -0.25) is 9.36 Å². The van der Waals surface area contributed by atoms with Crippen molar-refractivity contribution in [2.75, 3.05) is 14.2 Å². The van der Waals surface area contributed by atoms with Gasteiger partial charge in [0.15, 0.2) is 16.7 Å². The molecular weight excluding hydrogens is 404 g/mol. The molecule has 0 radical (unpaired) electrons. The molecule has 0 saturated heterocycles. The van der Waals surface area contributed by atoms with Gasteiger partial charge in [0, 0.05) is 12.1 Å². The lowest BCUT2D eigenvalue weighted by Gasteiger charge is -2.10. The number of methoxy groups -OCH3 is 2. The van der Waals surface area contributed by atoms with Gasteiger partial charge in [-0.1, -0.05) is 29.1 Å². The molecule has 0 bridgehead atoms. The molecule has 0 aliphatic rings. The molecule has 0 atom stereocenters. The van der Waals surface area contributed by atoms with Crippen LogP contribution in [-0.4, -0.2) is 33.9 Å². The fraction of sp³-hybridized carbons (Fsp3) is 0.238. The molecule has 4 rings (SSSR count). The van der Waals surface area contributed by atoms with Crippen LogP contribution in [-0.2, 0) is 12.3 Å². The molecule has 0 unspecified atom stereocenters. The average Bonchev–Trinajstić information content (AvgIpc) is 3.26. The third kappa shape index (κ3) is 3.76. The van der Waals surface area contributed by atoms with Gasteiger partial charge < -0.3 is 14.0 Å². The summed E-state index contributed by atoms with van der Waals surface area (Å²) in [6, 6.07) is 12.8. The minimum absolute atomic E-state index is 0.0536. The Kier molecular flexibility index (Phi) is 5.71. The Labute approximate surface area is 176 Å². The predicted octanol–water partition coefficient (Wildman–Crippen LogP) is 3.78. The first-order chi connectivity index (χ1) is 14.6. The second-order valence-corrected chi connectivity index (χ2v) is 7.27. The number of nitrogens with zero attached hydrogens (tertiary/aromatic N) is 4. The molecule has 0 amide bonds. The molecule has 8 nitrogen and oxygen atoms in total. The fourth-order valence-electron chi connectivity index (χ4n) is 3.07. The third-order valence-electron chi connectivity index (χ3n) is 4.58. The zero-order valence-corrected chi connectivity index (χ0v) is 17.6. The quantitative estimate of drug-likeness (QED) is 0.327. The Hall–Kier alpha value is -3.33. The molecule has 0 saturated carbocycles. The SMILES string of the molecule is CCn1c(SCc2nc(-c3ccc(OC)c(OC)c3)no2)nc2ccccc2c1=O.